The Morgan fingerprint density at radius 3 is 2.94 bits per heavy atom. The van der Waals surface area contributed by atoms with Crippen LogP contribution in [0.25, 0.3) is 10.9 Å². The summed E-state index contributed by atoms with van der Waals surface area (Å²) in [4.78, 5) is 28.7. The van der Waals surface area contributed by atoms with Crippen LogP contribution in [0, 0.1) is 0 Å². The van der Waals surface area contributed by atoms with Crippen molar-refractivity contribution < 1.29 is 14.3 Å². The van der Waals surface area contributed by atoms with Gasteiger partial charge in [0, 0.05) is 11.6 Å². The predicted molar refractivity (Wildman–Crippen MR) is 64.1 cm³/mol. The molecule has 1 aromatic heterocycles. The number of hydrogen-bond acceptors (Lipinski definition) is 4. The van der Waals surface area contributed by atoms with Gasteiger partial charge in [0.05, 0.1) is 17.6 Å². The van der Waals surface area contributed by atoms with E-state index < -0.39 is 6.09 Å². The highest BCUT2D eigenvalue weighted by Crippen LogP contribution is 2.15. The summed E-state index contributed by atoms with van der Waals surface area (Å²) in [6.45, 7) is 0.552. The highest BCUT2D eigenvalue weighted by molar-refractivity contribution is 6.04. The molecule has 0 N–H and O–H groups in total. The molecule has 1 fully saturated rings. The average molecular weight is 242 g/mol. The van der Waals surface area contributed by atoms with E-state index in [0.717, 1.165) is 15.8 Å². The van der Waals surface area contributed by atoms with E-state index in [1.54, 1.807) is 6.07 Å². The number of carbonyl (C=O) groups is 2. The van der Waals surface area contributed by atoms with E-state index in [1.807, 2.05) is 24.3 Å². The van der Waals surface area contributed by atoms with Gasteiger partial charge < -0.3 is 4.74 Å². The lowest BCUT2D eigenvalue weighted by molar-refractivity contribution is 0.0809. The summed E-state index contributed by atoms with van der Waals surface area (Å²) in [6, 6.07) is 9.24. The number of aromatic nitrogens is 1. The van der Waals surface area contributed by atoms with Crippen LogP contribution in [0.5, 0.6) is 0 Å². The second-order valence-corrected chi connectivity index (χ2v) is 3.99. The van der Waals surface area contributed by atoms with Gasteiger partial charge in [-0.1, -0.05) is 18.2 Å². The van der Waals surface area contributed by atoms with Gasteiger partial charge in [-0.05, 0) is 12.1 Å². The number of hydrogen-bond donors (Lipinski definition) is 0. The Labute approximate surface area is 103 Å². The first-order valence-corrected chi connectivity index (χ1v) is 5.59. The fraction of sp³-hybridized carbons (Fsp3) is 0.154. The lowest BCUT2D eigenvalue weighted by Crippen LogP contribution is -2.31. The van der Waals surface area contributed by atoms with Crippen LogP contribution in [0.4, 0.5) is 4.79 Å². The molecule has 0 atom stereocenters. The first-order chi connectivity index (χ1) is 8.75. The third kappa shape index (κ3) is 1.69. The van der Waals surface area contributed by atoms with Gasteiger partial charge in [0.15, 0.2) is 0 Å². The van der Waals surface area contributed by atoms with E-state index in [0.29, 0.717) is 12.1 Å². The van der Waals surface area contributed by atoms with E-state index in [9.17, 15) is 9.59 Å². The van der Waals surface area contributed by atoms with Crippen molar-refractivity contribution >= 4 is 22.9 Å². The molecule has 1 aliphatic rings. The number of nitrogens with zero attached hydrogens (tertiary/aromatic N) is 2. The van der Waals surface area contributed by atoms with Crippen molar-refractivity contribution in [2.75, 3.05) is 13.2 Å². The molecule has 0 spiro atoms. The molecule has 0 bridgehead atoms. The Morgan fingerprint density at radius 1 is 1.33 bits per heavy atom. The third-order valence-electron chi connectivity index (χ3n) is 2.84. The van der Waals surface area contributed by atoms with Gasteiger partial charge in [-0.2, -0.15) is 0 Å². The van der Waals surface area contributed by atoms with Crippen molar-refractivity contribution in [1.82, 2.24) is 9.88 Å². The molecule has 90 valence electrons. The first-order valence-electron chi connectivity index (χ1n) is 5.59. The number of pyridine rings is 1. The quantitative estimate of drug-likeness (QED) is 0.765. The van der Waals surface area contributed by atoms with Crippen LogP contribution in [0.3, 0.4) is 0 Å². The van der Waals surface area contributed by atoms with Crippen molar-refractivity contribution in [3.8, 4) is 0 Å². The Kier molecular flexibility index (Phi) is 2.44. The Hall–Kier alpha value is -2.43. The minimum absolute atomic E-state index is 0.256. The lowest BCUT2D eigenvalue weighted by Gasteiger charge is -2.10. The smallest absolute Gasteiger partial charge is 0.416 e. The van der Waals surface area contributed by atoms with Gasteiger partial charge in [-0.15, -0.1) is 0 Å². The molecule has 1 aromatic carbocycles. The Morgan fingerprint density at radius 2 is 2.17 bits per heavy atom. The maximum absolute atomic E-state index is 12.1. The molecular weight excluding hydrogens is 232 g/mol. The highest BCUT2D eigenvalue weighted by Gasteiger charge is 2.29. The van der Waals surface area contributed by atoms with Crippen LogP contribution in [0.15, 0.2) is 36.5 Å². The van der Waals surface area contributed by atoms with Crippen molar-refractivity contribution in [3.63, 3.8) is 0 Å². The summed E-state index contributed by atoms with van der Waals surface area (Å²) in [5.41, 5.74) is 1.21. The van der Waals surface area contributed by atoms with E-state index in [4.69, 9.17) is 4.74 Å². The minimum Gasteiger partial charge on any atom is -0.447 e. The maximum Gasteiger partial charge on any atom is 0.416 e. The molecule has 1 aliphatic heterocycles. The van der Waals surface area contributed by atoms with E-state index in [1.165, 1.54) is 6.20 Å². The molecule has 0 unspecified atom stereocenters. The van der Waals surface area contributed by atoms with Crippen molar-refractivity contribution in [2.45, 2.75) is 0 Å². The lowest BCUT2D eigenvalue weighted by atomic mass is 10.1. The molecule has 2 amide bonds. The SMILES string of the molecule is O=C1OCCN1C(=O)c1cnc2ccccc2c1. The second-order valence-electron chi connectivity index (χ2n) is 3.99. The number of imide groups is 1. The summed E-state index contributed by atoms with van der Waals surface area (Å²) in [7, 11) is 0. The standard InChI is InChI=1S/C13H10N2O3/c16-12(15-5-6-18-13(15)17)10-7-9-3-1-2-4-11(9)14-8-10/h1-4,7-8H,5-6H2. The van der Waals surface area contributed by atoms with Gasteiger partial charge in [-0.25, -0.2) is 9.69 Å². The molecule has 0 radical (unpaired) electrons. The molecule has 1 saturated heterocycles. The Bertz CT molecular complexity index is 639. The van der Waals surface area contributed by atoms with Gasteiger partial charge >= 0.3 is 6.09 Å². The zero-order valence-electron chi connectivity index (χ0n) is 9.50. The molecule has 0 aliphatic carbocycles. The fourth-order valence-corrected chi connectivity index (χ4v) is 1.92. The van der Waals surface area contributed by atoms with Crippen LogP contribution in [-0.2, 0) is 4.74 Å². The van der Waals surface area contributed by atoms with Crippen molar-refractivity contribution in [3.05, 3.63) is 42.1 Å². The van der Waals surface area contributed by atoms with Gasteiger partial charge in [0.25, 0.3) is 5.91 Å². The number of para-hydroxylation sites is 1. The summed E-state index contributed by atoms with van der Waals surface area (Å²) in [5, 5.41) is 0.871. The first kappa shape index (κ1) is 10.7. The summed E-state index contributed by atoms with van der Waals surface area (Å²) < 4.78 is 4.74. The van der Waals surface area contributed by atoms with Gasteiger partial charge in [-0.3, -0.25) is 9.78 Å². The van der Waals surface area contributed by atoms with Crippen LogP contribution in [0.1, 0.15) is 10.4 Å². The predicted octanol–water partition coefficient (Wildman–Crippen LogP) is 1.83. The molecule has 0 saturated carbocycles. The highest BCUT2D eigenvalue weighted by atomic mass is 16.6. The van der Waals surface area contributed by atoms with Crippen LogP contribution in [-0.4, -0.2) is 35.0 Å². The molecule has 3 rings (SSSR count). The summed E-state index contributed by atoms with van der Waals surface area (Å²) in [6.07, 6.45) is 0.893. The Balaban J connectivity index is 1.99. The number of rotatable bonds is 1. The van der Waals surface area contributed by atoms with E-state index in [-0.39, 0.29) is 12.5 Å². The van der Waals surface area contributed by atoms with E-state index >= 15 is 0 Å². The molecule has 5 nitrogen and oxygen atoms in total. The van der Waals surface area contributed by atoms with Gasteiger partial charge in [0.2, 0.25) is 0 Å². The van der Waals surface area contributed by atoms with Gasteiger partial charge in [0.1, 0.15) is 6.61 Å². The number of benzene rings is 1. The minimum atomic E-state index is -0.590. The van der Waals surface area contributed by atoms with Crippen molar-refractivity contribution in [2.24, 2.45) is 0 Å². The molecule has 2 aromatic rings. The molecular formula is C13H10N2O3. The fourth-order valence-electron chi connectivity index (χ4n) is 1.92. The molecule has 18 heavy (non-hydrogen) atoms. The third-order valence-corrected chi connectivity index (χ3v) is 2.84. The summed E-state index contributed by atoms with van der Waals surface area (Å²) in [5.74, 6) is -0.365. The van der Waals surface area contributed by atoms with Crippen LogP contribution in [0.2, 0.25) is 0 Å². The van der Waals surface area contributed by atoms with Crippen LogP contribution >= 0.6 is 0 Å². The number of amides is 2. The van der Waals surface area contributed by atoms with E-state index in [2.05, 4.69) is 4.98 Å². The van der Waals surface area contributed by atoms with Crippen molar-refractivity contribution in [1.29, 1.82) is 0 Å². The number of carbonyl (C=O) groups excluding carboxylic acids is 2. The zero-order chi connectivity index (χ0) is 12.5. The van der Waals surface area contributed by atoms with Crippen LogP contribution < -0.4 is 0 Å². The normalized spacial score (nSPS) is 14.9. The summed E-state index contributed by atoms with van der Waals surface area (Å²) >= 11 is 0. The largest absolute Gasteiger partial charge is 0.447 e. The topological polar surface area (TPSA) is 59.5 Å². The number of ether oxygens (including phenoxy) is 1. The number of cyclic esters (lactones) is 1. The molecule has 2 heterocycles. The molecule has 5 heteroatoms. The number of fused-ring (bicyclic) bond motifs is 1. The average Bonchev–Trinajstić information content (AvgIpc) is 2.83. The second kappa shape index (κ2) is 4.10. The zero-order valence-corrected chi connectivity index (χ0v) is 9.50. The monoisotopic (exact) mass is 242 g/mol. The maximum atomic E-state index is 12.1.